The van der Waals surface area contributed by atoms with Crippen molar-refractivity contribution < 1.29 is 9.59 Å². The van der Waals surface area contributed by atoms with Gasteiger partial charge in [0.1, 0.15) is 11.6 Å². The van der Waals surface area contributed by atoms with Crippen LogP contribution in [0, 0.1) is 0 Å². The summed E-state index contributed by atoms with van der Waals surface area (Å²) in [6.45, 7) is 0. The van der Waals surface area contributed by atoms with Gasteiger partial charge in [-0.3, -0.25) is 25.5 Å². The smallest absolute Gasteiger partial charge is 0.252 e. The minimum absolute atomic E-state index is 0.150. The minimum Gasteiger partial charge on any atom is -0.273 e. The number of carbonyl (C=O) groups excluding carboxylic acids is 2. The van der Waals surface area contributed by atoms with Crippen molar-refractivity contribution in [1.82, 2.24) is 26.0 Å². The average molecular weight is 213 g/mol. The predicted octanol–water partition coefficient (Wildman–Crippen LogP) is -1.18. The lowest BCUT2D eigenvalue weighted by Crippen LogP contribution is -2.52. The van der Waals surface area contributed by atoms with E-state index in [-0.39, 0.29) is 18.2 Å². The Kier molecular flexibility index (Phi) is 2.35. The number of nitrogens with zero attached hydrogens (tertiary/aromatic N) is 2. The van der Waals surface area contributed by atoms with Gasteiger partial charge in [0.05, 0.1) is 0 Å². The predicted molar refractivity (Wildman–Crippen MR) is 46.9 cm³/mol. The maximum atomic E-state index is 11.3. The quantitative estimate of drug-likeness (QED) is 0.574. The van der Waals surface area contributed by atoms with E-state index in [0.29, 0.717) is 5.16 Å². The van der Waals surface area contributed by atoms with E-state index >= 15 is 0 Å². The summed E-state index contributed by atoms with van der Waals surface area (Å²) >= 11 is 1.18. The van der Waals surface area contributed by atoms with Gasteiger partial charge in [0.25, 0.3) is 5.91 Å². The topological polar surface area (TPSA) is 99.8 Å². The molecule has 1 fully saturated rings. The minimum atomic E-state index is -0.448. The van der Waals surface area contributed by atoms with Crippen LogP contribution in [0.15, 0.2) is 11.5 Å². The molecule has 7 nitrogen and oxygen atoms in total. The van der Waals surface area contributed by atoms with Crippen molar-refractivity contribution in [3.63, 3.8) is 0 Å². The number of hydrazine groups is 1. The summed E-state index contributed by atoms with van der Waals surface area (Å²) in [7, 11) is 0. The number of H-pyrrole nitrogens is 1. The molecule has 0 bridgehead atoms. The van der Waals surface area contributed by atoms with Gasteiger partial charge in [-0.25, -0.2) is 4.98 Å². The zero-order chi connectivity index (χ0) is 9.97. The van der Waals surface area contributed by atoms with Crippen LogP contribution in [-0.4, -0.2) is 32.2 Å². The fourth-order valence-electron chi connectivity index (χ4n) is 1.00. The van der Waals surface area contributed by atoms with E-state index in [1.165, 1.54) is 18.1 Å². The number of thioether (sulfide) groups is 1. The third kappa shape index (κ3) is 1.84. The Balaban J connectivity index is 2.02. The summed E-state index contributed by atoms with van der Waals surface area (Å²) < 4.78 is 0. The van der Waals surface area contributed by atoms with E-state index in [2.05, 4.69) is 26.0 Å². The molecule has 2 rings (SSSR count). The van der Waals surface area contributed by atoms with Gasteiger partial charge < -0.3 is 0 Å². The largest absolute Gasteiger partial charge is 0.273 e. The number of hydrogen-bond donors (Lipinski definition) is 3. The Morgan fingerprint density at radius 2 is 2.29 bits per heavy atom. The van der Waals surface area contributed by atoms with Crippen LogP contribution in [0.1, 0.15) is 6.42 Å². The van der Waals surface area contributed by atoms with Crippen LogP contribution in [0.2, 0.25) is 0 Å². The Labute approximate surface area is 83.0 Å². The summed E-state index contributed by atoms with van der Waals surface area (Å²) in [4.78, 5) is 26.1. The molecular formula is C6H7N5O2S. The fourth-order valence-corrected chi connectivity index (χ4v) is 1.89. The lowest BCUT2D eigenvalue weighted by molar-refractivity contribution is -0.133. The van der Waals surface area contributed by atoms with Crippen LogP contribution in [0.25, 0.3) is 0 Å². The van der Waals surface area contributed by atoms with Crippen molar-refractivity contribution in [3.8, 4) is 0 Å². The number of nitrogens with one attached hydrogen (secondary N) is 3. The molecule has 2 heterocycles. The Morgan fingerprint density at radius 3 is 3.00 bits per heavy atom. The van der Waals surface area contributed by atoms with Gasteiger partial charge in [0.2, 0.25) is 5.91 Å². The number of hydrogen-bond acceptors (Lipinski definition) is 5. The van der Waals surface area contributed by atoms with Gasteiger partial charge in [0, 0.05) is 6.42 Å². The van der Waals surface area contributed by atoms with Crippen LogP contribution >= 0.6 is 11.8 Å². The van der Waals surface area contributed by atoms with Crippen molar-refractivity contribution in [2.24, 2.45) is 0 Å². The molecule has 8 heteroatoms. The zero-order valence-electron chi connectivity index (χ0n) is 6.98. The number of carbonyl (C=O) groups is 2. The van der Waals surface area contributed by atoms with Gasteiger partial charge >= 0.3 is 0 Å². The average Bonchev–Trinajstić information content (AvgIpc) is 2.64. The molecule has 0 spiro atoms. The van der Waals surface area contributed by atoms with E-state index in [4.69, 9.17) is 0 Å². The maximum Gasteiger partial charge on any atom is 0.252 e. The SMILES string of the molecule is O=C1CC(Sc2ncn[nH]2)C(=O)NN1. The molecule has 0 saturated carbocycles. The summed E-state index contributed by atoms with van der Waals surface area (Å²) in [5, 5.41) is 6.33. The summed E-state index contributed by atoms with van der Waals surface area (Å²) in [6, 6.07) is 0. The molecular weight excluding hydrogens is 206 g/mol. The molecule has 2 amide bonds. The molecule has 1 aromatic rings. The number of amides is 2. The van der Waals surface area contributed by atoms with E-state index in [1.54, 1.807) is 0 Å². The van der Waals surface area contributed by atoms with Gasteiger partial charge in [-0.2, -0.15) is 5.10 Å². The molecule has 1 aliphatic heterocycles. The molecule has 1 atom stereocenters. The van der Waals surface area contributed by atoms with Crippen molar-refractivity contribution in [2.45, 2.75) is 16.8 Å². The lowest BCUT2D eigenvalue weighted by Gasteiger charge is -2.20. The monoisotopic (exact) mass is 213 g/mol. The van der Waals surface area contributed by atoms with Gasteiger partial charge in [-0.1, -0.05) is 11.8 Å². The highest BCUT2D eigenvalue weighted by atomic mass is 32.2. The highest BCUT2D eigenvalue weighted by molar-refractivity contribution is 8.00. The molecule has 0 aliphatic carbocycles. The van der Waals surface area contributed by atoms with Gasteiger partial charge in [0.15, 0.2) is 5.16 Å². The number of aromatic amines is 1. The van der Waals surface area contributed by atoms with Crippen molar-refractivity contribution in [1.29, 1.82) is 0 Å². The first-order valence-corrected chi connectivity index (χ1v) is 4.74. The van der Waals surface area contributed by atoms with Crippen LogP contribution in [0.3, 0.4) is 0 Å². The molecule has 1 aliphatic rings. The lowest BCUT2D eigenvalue weighted by atomic mass is 10.2. The zero-order valence-corrected chi connectivity index (χ0v) is 7.80. The second kappa shape index (κ2) is 3.66. The van der Waals surface area contributed by atoms with E-state index in [1.807, 2.05) is 0 Å². The summed E-state index contributed by atoms with van der Waals surface area (Å²) in [6.07, 6.45) is 1.50. The maximum absolute atomic E-state index is 11.3. The molecule has 0 aromatic carbocycles. The molecule has 1 saturated heterocycles. The molecule has 0 radical (unpaired) electrons. The molecule has 3 N–H and O–H groups in total. The Morgan fingerprint density at radius 1 is 1.43 bits per heavy atom. The van der Waals surface area contributed by atoms with Crippen LogP contribution < -0.4 is 10.9 Å². The van der Waals surface area contributed by atoms with Crippen molar-refractivity contribution >= 4 is 23.6 Å². The first-order chi connectivity index (χ1) is 6.75. The van der Waals surface area contributed by atoms with Crippen LogP contribution in [0.5, 0.6) is 0 Å². The first kappa shape index (κ1) is 9.00. The van der Waals surface area contributed by atoms with Crippen LogP contribution in [0.4, 0.5) is 0 Å². The van der Waals surface area contributed by atoms with Crippen molar-refractivity contribution in [2.75, 3.05) is 0 Å². The number of aromatic nitrogens is 3. The fraction of sp³-hybridized carbons (Fsp3) is 0.333. The number of rotatable bonds is 2. The van der Waals surface area contributed by atoms with E-state index in [9.17, 15) is 9.59 Å². The standard InChI is InChI=1S/C6H7N5O2S/c12-4-1-3(5(13)10-9-4)14-6-7-2-8-11-6/h2-3H,1H2,(H,9,12)(H,10,13)(H,7,8,11). The van der Waals surface area contributed by atoms with Gasteiger partial charge in [-0.15, -0.1) is 0 Å². The van der Waals surface area contributed by atoms with E-state index in [0.717, 1.165) is 0 Å². The molecule has 1 unspecified atom stereocenters. The third-order valence-electron chi connectivity index (χ3n) is 1.64. The highest BCUT2D eigenvalue weighted by Crippen LogP contribution is 2.22. The second-order valence-corrected chi connectivity index (χ2v) is 3.83. The Hall–Kier alpha value is -1.57. The highest BCUT2D eigenvalue weighted by Gasteiger charge is 2.28. The molecule has 74 valence electrons. The first-order valence-electron chi connectivity index (χ1n) is 3.86. The summed E-state index contributed by atoms with van der Waals surface area (Å²) in [5.41, 5.74) is 4.52. The van der Waals surface area contributed by atoms with Crippen LogP contribution in [-0.2, 0) is 9.59 Å². The molecule has 14 heavy (non-hydrogen) atoms. The van der Waals surface area contributed by atoms with Crippen molar-refractivity contribution in [3.05, 3.63) is 6.33 Å². The van der Waals surface area contributed by atoms with E-state index < -0.39 is 5.25 Å². The normalized spacial score (nSPS) is 21.6. The Bertz CT molecular complexity index is 351. The third-order valence-corrected chi connectivity index (χ3v) is 2.72. The van der Waals surface area contributed by atoms with Gasteiger partial charge in [-0.05, 0) is 0 Å². The molecule has 1 aromatic heterocycles. The second-order valence-electron chi connectivity index (χ2n) is 2.64. The summed E-state index contributed by atoms with van der Waals surface area (Å²) in [5.74, 6) is -0.437.